The molecule has 102 valence electrons. The molecule has 0 saturated carbocycles. The summed E-state index contributed by atoms with van der Waals surface area (Å²) in [6, 6.07) is 5.86. The molecule has 1 nitrogen and oxygen atoms in total. The van der Waals surface area contributed by atoms with E-state index >= 15 is 0 Å². The highest BCUT2D eigenvalue weighted by molar-refractivity contribution is 6.32. The van der Waals surface area contributed by atoms with E-state index in [4.69, 9.17) is 11.6 Å². The van der Waals surface area contributed by atoms with Gasteiger partial charge in [0.2, 0.25) is 0 Å². The quantitative estimate of drug-likeness (QED) is 0.623. The van der Waals surface area contributed by atoms with Crippen LogP contribution >= 0.6 is 11.6 Å². The van der Waals surface area contributed by atoms with E-state index in [1.54, 1.807) is 0 Å². The monoisotopic (exact) mass is 268 g/mol. The highest BCUT2D eigenvalue weighted by atomic mass is 35.5. The number of aryl methyl sites for hydroxylation is 1. The van der Waals surface area contributed by atoms with E-state index in [1.165, 1.54) is 32.1 Å². The van der Waals surface area contributed by atoms with Crippen LogP contribution in [0.2, 0.25) is 5.02 Å². The maximum Gasteiger partial charge on any atom is 0.0804 e. The van der Waals surface area contributed by atoms with E-state index in [0.717, 1.165) is 29.0 Å². The van der Waals surface area contributed by atoms with Gasteiger partial charge in [0, 0.05) is 5.02 Å². The standard InChI is InChI=1S/C16H25ClO/c1-3-4-5-6-7-8-12-15(18)14-11-9-10-13(2)16(14)17/h9-11,15,18H,3-8,12H2,1-2H3. The van der Waals surface area contributed by atoms with Crippen LogP contribution in [0.25, 0.3) is 0 Å². The summed E-state index contributed by atoms with van der Waals surface area (Å²) in [5, 5.41) is 10.9. The summed E-state index contributed by atoms with van der Waals surface area (Å²) in [7, 11) is 0. The zero-order chi connectivity index (χ0) is 13.4. The molecular weight excluding hydrogens is 244 g/mol. The molecule has 0 aliphatic carbocycles. The lowest BCUT2D eigenvalue weighted by Crippen LogP contribution is -1.99. The summed E-state index contributed by atoms with van der Waals surface area (Å²) in [6.45, 7) is 4.20. The van der Waals surface area contributed by atoms with Crippen molar-refractivity contribution in [3.8, 4) is 0 Å². The fourth-order valence-corrected chi connectivity index (χ4v) is 2.45. The first-order valence-electron chi connectivity index (χ1n) is 7.10. The van der Waals surface area contributed by atoms with Gasteiger partial charge in [0.1, 0.15) is 0 Å². The second-order valence-electron chi connectivity index (χ2n) is 5.05. The topological polar surface area (TPSA) is 20.2 Å². The average Bonchev–Trinajstić information content (AvgIpc) is 2.36. The van der Waals surface area contributed by atoms with E-state index in [1.807, 2.05) is 25.1 Å². The third-order valence-electron chi connectivity index (χ3n) is 3.41. The molecule has 1 aromatic carbocycles. The van der Waals surface area contributed by atoms with Gasteiger partial charge in [-0.1, -0.05) is 75.2 Å². The van der Waals surface area contributed by atoms with Gasteiger partial charge in [-0.25, -0.2) is 0 Å². The number of aliphatic hydroxyl groups excluding tert-OH is 1. The Kier molecular flexibility index (Phi) is 7.38. The molecule has 2 heteroatoms. The molecule has 1 rings (SSSR count). The van der Waals surface area contributed by atoms with Gasteiger partial charge in [0.05, 0.1) is 6.10 Å². The Hall–Kier alpha value is -0.530. The van der Waals surface area contributed by atoms with Gasteiger partial charge in [-0.2, -0.15) is 0 Å². The maximum atomic E-state index is 10.1. The molecule has 0 aliphatic heterocycles. The Balaban J connectivity index is 2.32. The van der Waals surface area contributed by atoms with E-state index in [9.17, 15) is 5.11 Å². The first kappa shape index (κ1) is 15.5. The Morgan fingerprint density at radius 1 is 1.11 bits per heavy atom. The van der Waals surface area contributed by atoms with E-state index in [-0.39, 0.29) is 0 Å². The van der Waals surface area contributed by atoms with Gasteiger partial charge in [-0.15, -0.1) is 0 Å². The minimum Gasteiger partial charge on any atom is -0.388 e. The smallest absolute Gasteiger partial charge is 0.0804 e. The molecule has 1 aromatic rings. The largest absolute Gasteiger partial charge is 0.388 e. The first-order chi connectivity index (χ1) is 8.66. The second kappa shape index (κ2) is 8.55. The van der Waals surface area contributed by atoms with Gasteiger partial charge in [-0.3, -0.25) is 0 Å². The lowest BCUT2D eigenvalue weighted by atomic mass is 10.0. The van der Waals surface area contributed by atoms with Crippen molar-refractivity contribution in [2.75, 3.05) is 0 Å². The summed E-state index contributed by atoms with van der Waals surface area (Å²) in [5.41, 5.74) is 1.92. The zero-order valence-corrected chi connectivity index (χ0v) is 12.3. The summed E-state index contributed by atoms with van der Waals surface area (Å²) in [6.07, 6.45) is 7.89. The third kappa shape index (κ3) is 4.99. The van der Waals surface area contributed by atoms with Crippen LogP contribution in [0.15, 0.2) is 18.2 Å². The SMILES string of the molecule is CCCCCCCCC(O)c1cccc(C)c1Cl. The molecule has 0 spiro atoms. The van der Waals surface area contributed by atoms with E-state index < -0.39 is 6.10 Å². The molecule has 0 aliphatic rings. The molecular formula is C16H25ClO. The van der Waals surface area contributed by atoms with Crippen LogP contribution in [0.1, 0.15) is 69.1 Å². The summed E-state index contributed by atoms with van der Waals surface area (Å²) in [4.78, 5) is 0. The van der Waals surface area contributed by atoms with Gasteiger partial charge in [0.15, 0.2) is 0 Å². The van der Waals surface area contributed by atoms with Crippen molar-refractivity contribution in [1.82, 2.24) is 0 Å². The van der Waals surface area contributed by atoms with Crippen LogP contribution in [-0.2, 0) is 0 Å². The highest BCUT2D eigenvalue weighted by Crippen LogP contribution is 2.29. The number of benzene rings is 1. The van der Waals surface area contributed by atoms with E-state index in [2.05, 4.69) is 6.92 Å². The molecule has 0 fully saturated rings. The number of halogens is 1. The lowest BCUT2D eigenvalue weighted by molar-refractivity contribution is 0.163. The number of hydrogen-bond donors (Lipinski definition) is 1. The van der Waals surface area contributed by atoms with Crippen molar-refractivity contribution < 1.29 is 5.11 Å². The van der Waals surface area contributed by atoms with Crippen molar-refractivity contribution >= 4 is 11.6 Å². The molecule has 1 unspecified atom stereocenters. The first-order valence-corrected chi connectivity index (χ1v) is 7.47. The van der Waals surface area contributed by atoms with Crippen LogP contribution in [0.4, 0.5) is 0 Å². The maximum absolute atomic E-state index is 10.1. The van der Waals surface area contributed by atoms with Gasteiger partial charge < -0.3 is 5.11 Å². The van der Waals surface area contributed by atoms with E-state index in [0.29, 0.717) is 0 Å². The van der Waals surface area contributed by atoms with Crippen LogP contribution < -0.4 is 0 Å². The summed E-state index contributed by atoms with van der Waals surface area (Å²) in [5.74, 6) is 0. The van der Waals surface area contributed by atoms with Crippen LogP contribution in [0.5, 0.6) is 0 Å². The number of hydrogen-bond acceptors (Lipinski definition) is 1. The molecule has 0 amide bonds. The van der Waals surface area contributed by atoms with Crippen LogP contribution in [0.3, 0.4) is 0 Å². The molecule has 0 bridgehead atoms. The number of aliphatic hydroxyl groups is 1. The van der Waals surface area contributed by atoms with Gasteiger partial charge in [0.25, 0.3) is 0 Å². The van der Waals surface area contributed by atoms with Crippen molar-refractivity contribution in [2.24, 2.45) is 0 Å². The fourth-order valence-electron chi connectivity index (χ4n) is 2.20. The van der Waals surface area contributed by atoms with Crippen molar-refractivity contribution in [2.45, 2.75) is 64.9 Å². The van der Waals surface area contributed by atoms with Gasteiger partial charge >= 0.3 is 0 Å². The molecule has 0 radical (unpaired) electrons. The molecule has 0 heterocycles. The van der Waals surface area contributed by atoms with Crippen molar-refractivity contribution in [1.29, 1.82) is 0 Å². The van der Waals surface area contributed by atoms with Crippen LogP contribution in [0, 0.1) is 6.92 Å². The Bertz CT molecular complexity index is 349. The molecule has 18 heavy (non-hydrogen) atoms. The normalized spacial score (nSPS) is 12.7. The molecule has 1 N–H and O–H groups in total. The Labute approximate surface area is 116 Å². The minimum atomic E-state index is -0.413. The zero-order valence-electron chi connectivity index (χ0n) is 11.6. The number of unbranched alkanes of at least 4 members (excludes halogenated alkanes) is 5. The summed E-state index contributed by atoms with van der Waals surface area (Å²) < 4.78 is 0. The molecule has 0 aromatic heterocycles. The van der Waals surface area contributed by atoms with Crippen molar-refractivity contribution in [3.63, 3.8) is 0 Å². The Morgan fingerprint density at radius 2 is 1.78 bits per heavy atom. The second-order valence-corrected chi connectivity index (χ2v) is 5.43. The minimum absolute atomic E-state index is 0.413. The number of rotatable bonds is 8. The fraction of sp³-hybridized carbons (Fsp3) is 0.625. The highest BCUT2D eigenvalue weighted by Gasteiger charge is 2.12. The molecule has 1 atom stereocenters. The average molecular weight is 269 g/mol. The Morgan fingerprint density at radius 3 is 2.50 bits per heavy atom. The van der Waals surface area contributed by atoms with Crippen LogP contribution in [-0.4, -0.2) is 5.11 Å². The van der Waals surface area contributed by atoms with Crippen molar-refractivity contribution in [3.05, 3.63) is 34.3 Å². The third-order valence-corrected chi connectivity index (χ3v) is 3.93. The predicted molar refractivity (Wildman–Crippen MR) is 79.1 cm³/mol. The molecule has 0 saturated heterocycles. The lowest BCUT2D eigenvalue weighted by Gasteiger charge is -2.13. The summed E-state index contributed by atoms with van der Waals surface area (Å²) >= 11 is 6.21. The van der Waals surface area contributed by atoms with Gasteiger partial charge in [-0.05, 0) is 24.5 Å². The predicted octanol–water partition coefficient (Wildman–Crippen LogP) is 5.43.